The standard InChI is InChI=1S/C27H19BrCl2N4O4S/c1-36-22-11-15(10-20(28)24(22)38-13-16-7-8-17(29)12-21(16)30)9-19-25(31)34-27(32-26(19)35)39-23(33-34)14-37-18-5-3-2-4-6-18/h2-12,31H,13-14H2,1H3/b19-9-,31-25?. The maximum Gasteiger partial charge on any atom is 0.283 e. The van der Waals surface area contributed by atoms with E-state index in [9.17, 15) is 4.79 Å². The molecular weight excluding hydrogens is 627 g/mol. The number of nitrogens with zero attached hydrogens (tertiary/aromatic N) is 3. The average Bonchev–Trinajstić information content (AvgIpc) is 3.33. The highest BCUT2D eigenvalue weighted by Crippen LogP contribution is 2.39. The molecule has 8 nitrogen and oxygen atoms in total. The van der Waals surface area contributed by atoms with Crippen LogP contribution in [0.25, 0.3) is 6.08 Å². The smallest absolute Gasteiger partial charge is 0.283 e. The molecule has 3 aromatic rings. The van der Waals surface area contributed by atoms with Gasteiger partial charge in [0.1, 0.15) is 24.0 Å². The fourth-order valence-electron chi connectivity index (χ4n) is 3.67. The molecule has 198 valence electrons. The van der Waals surface area contributed by atoms with Crippen molar-refractivity contribution in [3.63, 3.8) is 0 Å². The fourth-order valence-corrected chi connectivity index (χ4v) is 5.51. The van der Waals surface area contributed by atoms with Crippen LogP contribution < -0.4 is 14.2 Å². The van der Waals surface area contributed by atoms with Gasteiger partial charge >= 0.3 is 0 Å². The lowest BCUT2D eigenvalue weighted by molar-refractivity contribution is -0.114. The first-order valence-corrected chi connectivity index (χ1v) is 13.8. The minimum atomic E-state index is -0.535. The van der Waals surface area contributed by atoms with E-state index in [-0.39, 0.29) is 24.6 Å². The Morgan fingerprint density at radius 1 is 1.08 bits per heavy atom. The number of hydrogen-bond acceptors (Lipinski definition) is 7. The van der Waals surface area contributed by atoms with Gasteiger partial charge in [-0.05, 0) is 75.7 Å². The number of amides is 1. The first-order chi connectivity index (χ1) is 18.8. The monoisotopic (exact) mass is 644 g/mol. The number of halogens is 3. The van der Waals surface area contributed by atoms with E-state index in [4.69, 9.17) is 42.8 Å². The highest BCUT2D eigenvalue weighted by molar-refractivity contribution is 9.10. The van der Waals surface area contributed by atoms with Crippen LogP contribution >= 0.6 is 50.9 Å². The van der Waals surface area contributed by atoms with E-state index in [0.29, 0.717) is 47.5 Å². The van der Waals surface area contributed by atoms with Crippen LogP contribution in [-0.2, 0) is 11.4 Å². The van der Waals surface area contributed by atoms with Gasteiger partial charge in [-0.15, -0.1) is 0 Å². The molecule has 39 heavy (non-hydrogen) atoms. The van der Waals surface area contributed by atoms with Crippen molar-refractivity contribution < 1.29 is 19.0 Å². The van der Waals surface area contributed by atoms with Crippen molar-refractivity contribution in [2.24, 2.45) is 10.1 Å². The molecule has 0 saturated carbocycles. The molecule has 1 N–H and O–H groups in total. The highest BCUT2D eigenvalue weighted by atomic mass is 79.9. The molecule has 0 saturated heterocycles. The van der Waals surface area contributed by atoms with E-state index in [2.05, 4.69) is 26.0 Å². The van der Waals surface area contributed by atoms with E-state index in [0.717, 1.165) is 5.56 Å². The number of aliphatic imine (C=N–C) groups is 1. The summed E-state index contributed by atoms with van der Waals surface area (Å²) in [5, 5.41) is 16.3. The molecule has 0 bridgehead atoms. The predicted octanol–water partition coefficient (Wildman–Crippen LogP) is 7.04. The number of amidine groups is 2. The van der Waals surface area contributed by atoms with E-state index in [1.54, 1.807) is 36.4 Å². The third-order valence-electron chi connectivity index (χ3n) is 5.55. The van der Waals surface area contributed by atoms with Gasteiger partial charge in [-0.2, -0.15) is 15.1 Å². The molecule has 2 aliphatic heterocycles. The molecule has 0 spiro atoms. The number of methoxy groups -OCH3 is 1. The molecule has 0 atom stereocenters. The SMILES string of the molecule is COc1cc(/C=C2/C(=N)N3N=C(COc4ccccc4)SC3=NC2=O)cc(Br)c1OCc1ccc(Cl)cc1Cl. The maximum absolute atomic E-state index is 12.9. The number of hydrazone groups is 1. The molecule has 1 amide bonds. The van der Waals surface area contributed by atoms with Crippen molar-refractivity contribution in [2.75, 3.05) is 13.7 Å². The van der Waals surface area contributed by atoms with Gasteiger partial charge in [-0.3, -0.25) is 10.2 Å². The summed E-state index contributed by atoms with van der Waals surface area (Å²) < 4.78 is 17.9. The van der Waals surface area contributed by atoms with Gasteiger partial charge in [0.05, 0.1) is 17.2 Å². The van der Waals surface area contributed by atoms with Gasteiger partial charge in [0.15, 0.2) is 17.3 Å². The summed E-state index contributed by atoms with van der Waals surface area (Å²) in [6.07, 6.45) is 1.57. The Morgan fingerprint density at radius 2 is 1.87 bits per heavy atom. The van der Waals surface area contributed by atoms with Crippen LogP contribution in [-0.4, -0.2) is 40.7 Å². The number of nitrogens with one attached hydrogen (secondary N) is 1. The molecule has 5 rings (SSSR count). The number of benzene rings is 3. The lowest BCUT2D eigenvalue weighted by Crippen LogP contribution is -2.35. The largest absolute Gasteiger partial charge is 0.493 e. The molecule has 0 aromatic heterocycles. The lowest BCUT2D eigenvalue weighted by Gasteiger charge is -2.20. The Hall–Kier alpha value is -3.31. The molecule has 0 unspecified atom stereocenters. The number of ether oxygens (including phenoxy) is 3. The zero-order valence-corrected chi connectivity index (χ0v) is 24.2. The molecule has 0 radical (unpaired) electrons. The number of carbonyl (C=O) groups excluding carboxylic acids is 1. The zero-order valence-electron chi connectivity index (χ0n) is 20.3. The molecule has 0 fully saturated rings. The molecular formula is C27H19BrCl2N4O4S. The van der Waals surface area contributed by atoms with Crippen LogP contribution in [0.5, 0.6) is 17.2 Å². The van der Waals surface area contributed by atoms with Gasteiger partial charge in [0.25, 0.3) is 5.91 Å². The van der Waals surface area contributed by atoms with Crippen molar-refractivity contribution in [1.29, 1.82) is 5.41 Å². The second kappa shape index (κ2) is 11.8. The Bertz CT molecular complexity index is 1560. The van der Waals surface area contributed by atoms with Crippen LogP contribution in [0.3, 0.4) is 0 Å². The quantitative estimate of drug-likeness (QED) is 0.264. The van der Waals surface area contributed by atoms with E-state index in [1.165, 1.54) is 23.9 Å². The topological polar surface area (TPSA) is 96.6 Å². The third-order valence-corrected chi connectivity index (χ3v) is 7.61. The lowest BCUT2D eigenvalue weighted by atomic mass is 10.1. The van der Waals surface area contributed by atoms with Crippen molar-refractivity contribution >= 4 is 78.9 Å². The van der Waals surface area contributed by atoms with E-state index in [1.807, 2.05) is 30.3 Å². The zero-order chi connectivity index (χ0) is 27.5. The normalized spacial score (nSPS) is 15.7. The van der Waals surface area contributed by atoms with Gasteiger partial charge < -0.3 is 14.2 Å². The highest BCUT2D eigenvalue weighted by Gasteiger charge is 2.35. The Morgan fingerprint density at radius 3 is 2.62 bits per heavy atom. The summed E-state index contributed by atoms with van der Waals surface area (Å²) in [6.45, 7) is 0.379. The van der Waals surface area contributed by atoms with Crippen molar-refractivity contribution in [1.82, 2.24) is 5.01 Å². The van der Waals surface area contributed by atoms with Gasteiger partial charge in [-0.25, -0.2) is 0 Å². The molecule has 3 aromatic carbocycles. The number of carbonyl (C=O) groups is 1. The second-order valence-electron chi connectivity index (χ2n) is 8.17. The number of rotatable bonds is 8. The van der Waals surface area contributed by atoms with Gasteiger partial charge in [-0.1, -0.05) is 47.5 Å². The average molecular weight is 646 g/mol. The van der Waals surface area contributed by atoms with Crippen molar-refractivity contribution in [2.45, 2.75) is 6.61 Å². The van der Waals surface area contributed by atoms with Crippen LogP contribution in [0.2, 0.25) is 10.0 Å². The maximum atomic E-state index is 12.9. The minimum Gasteiger partial charge on any atom is -0.493 e. The summed E-state index contributed by atoms with van der Waals surface area (Å²) >= 11 is 17.0. The summed E-state index contributed by atoms with van der Waals surface area (Å²) in [5.74, 6) is 0.963. The van der Waals surface area contributed by atoms with Gasteiger partial charge in [0.2, 0.25) is 5.17 Å². The summed E-state index contributed by atoms with van der Waals surface area (Å²) in [7, 11) is 1.51. The van der Waals surface area contributed by atoms with E-state index < -0.39 is 5.91 Å². The van der Waals surface area contributed by atoms with Gasteiger partial charge in [0, 0.05) is 15.6 Å². The first-order valence-electron chi connectivity index (χ1n) is 11.4. The van der Waals surface area contributed by atoms with Crippen LogP contribution in [0.15, 0.2) is 80.8 Å². The molecule has 12 heteroatoms. The van der Waals surface area contributed by atoms with E-state index >= 15 is 0 Å². The third kappa shape index (κ3) is 6.14. The molecule has 2 aliphatic rings. The van der Waals surface area contributed by atoms with Crippen molar-refractivity contribution in [3.8, 4) is 17.2 Å². The number of para-hydroxylation sites is 1. The Labute approximate surface area is 246 Å². The second-order valence-corrected chi connectivity index (χ2v) is 10.9. The first kappa shape index (κ1) is 27.3. The summed E-state index contributed by atoms with van der Waals surface area (Å²) in [5.41, 5.74) is 1.45. The number of fused-ring (bicyclic) bond motifs is 1. The number of hydrogen-bond donors (Lipinski definition) is 1. The van der Waals surface area contributed by atoms with Crippen LogP contribution in [0, 0.1) is 5.41 Å². The van der Waals surface area contributed by atoms with Crippen LogP contribution in [0.4, 0.5) is 0 Å². The summed E-state index contributed by atoms with van der Waals surface area (Å²) in [4.78, 5) is 17.0. The molecule has 2 heterocycles. The summed E-state index contributed by atoms with van der Waals surface area (Å²) in [6, 6.07) is 18.0. The Balaban J connectivity index is 1.34. The molecule has 0 aliphatic carbocycles. The minimum absolute atomic E-state index is 0.0833. The predicted molar refractivity (Wildman–Crippen MR) is 158 cm³/mol. The fraction of sp³-hybridized carbons (Fsp3) is 0.111. The van der Waals surface area contributed by atoms with Crippen LogP contribution in [0.1, 0.15) is 11.1 Å². The number of thioether (sulfide) groups is 1. The Kier molecular flexibility index (Phi) is 8.27. The van der Waals surface area contributed by atoms with Crippen molar-refractivity contribution in [3.05, 3.63) is 91.9 Å².